The molecule has 2 N–H and O–H groups in total. The van der Waals surface area contributed by atoms with Crippen LogP contribution in [0.3, 0.4) is 0 Å². The summed E-state index contributed by atoms with van der Waals surface area (Å²) in [6, 6.07) is 0. The van der Waals surface area contributed by atoms with E-state index >= 15 is 0 Å². The van der Waals surface area contributed by atoms with E-state index < -0.39 is 18.0 Å². The Bertz CT molecular complexity index is 354. The van der Waals surface area contributed by atoms with E-state index in [1.165, 1.54) is 44.9 Å². The van der Waals surface area contributed by atoms with E-state index in [2.05, 4.69) is 13.8 Å². The molecule has 2 atom stereocenters. The second-order valence-electron chi connectivity index (χ2n) is 7.68. The highest BCUT2D eigenvalue weighted by Crippen LogP contribution is 2.17. The number of hydrogen-bond acceptors (Lipinski definition) is 3. The summed E-state index contributed by atoms with van der Waals surface area (Å²) in [6.07, 6.45) is 15.2. The molecule has 0 aromatic carbocycles. The van der Waals surface area contributed by atoms with Crippen molar-refractivity contribution < 1.29 is 19.8 Å². The van der Waals surface area contributed by atoms with E-state index in [0.29, 0.717) is 12.8 Å². The summed E-state index contributed by atoms with van der Waals surface area (Å²) in [4.78, 5) is 23.5. The minimum Gasteiger partial charge on any atom is -0.481 e. The molecular formula is C22H42O4. The SMILES string of the molecule is CCCCCCCCCCC[C@@H](O)CC(=O)C(CCCCCC)C(=O)O. The summed E-state index contributed by atoms with van der Waals surface area (Å²) in [5.41, 5.74) is 0. The Hall–Kier alpha value is -0.900. The van der Waals surface area contributed by atoms with Crippen LogP contribution in [0.25, 0.3) is 0 Å². The van der Waals surface area contributed by atoms with Crippen molar-refractivity contribution in [2.75, 3.05) is 0 Å². The minimum atomic E-state index is -1.04. The summed E-state index contributed by atoms with van der Waals surface area (Å²) in [5.74, 6) is -2.29. The van der Waals surface area contributed by atoms with Crippen LogP contribution in [-0.4, -0.2) is 28.1 Å². The highest BCUT2D eigenvalue weighted by atomic mass is 16.4. The van der Waals surface area contributed by atoms with Crippen LogP contribution in [0.4, 0.5) is 0 Å². The van der Waals surface area contributed by atoms with Crippen LogP contribution in [0.2, 0.25) is 0 Å². The maximum absolute atomic E-state index is 12.2. The lowest BCUT2D eigenvalue weighted by Crippen LogP contribution is -2.27. The normalized spacial score (nSPS) is 13.5. The first-order chi connectivity index (χ1) is 12.5. The van der Waals surface area contributed by atoms with Crippen molar-refractivity contribution in [1.29, 1.82) is 0 Å². The largest absolute Gasteiger partial charge is 0.481 e. The van der Waals surface area contributed by atoms with Crippen molar-refractivity contribution in [3.05, 3.63) is 0 Å². The third kappa shape index (κ3) is 14.3. The molecule has 0 fully saturated rings. The molecule has 0 aliphatic rings. The standard InChI is InChI=1S/C22H42O4/c1-3-5-7-9-10-11-12-13-14-16-19(23)18-21(24)20(22(25)26)17-15-8-6-4-2/h19-20,23H,3-18H2,1-2H3,(H,25,26)/t19-,20?/m1/s1. The molecule has 154 valence electrons. The van der Waals surface area contributed by atoms with Crippen LogP contribution in [0.5, 0.6) is 0 Å². The Morgan fingerprint density at radius 2 is 1.12 bits per heavy atom. The first-order valence-corrected chi connectivity index (χ1v) is 11.0. The molecule has 0 rings (SSSR count). The van der Waals surface area contributed by atoms with Gasteiger partial charge in [0.15, 0.2) is 0 Å². The molecule has 4 heteroatoms. The van der Waals surface area contributed by atoms with E-state index in [1.54, 1.807) is 0 Å². The Labute approximate surface area is 160 Å². The van der Waals surface area contributed by atoms with Gasteiger partial charge in [0.1, 0.15) is 11.7 Å². The zero-order chi connectivity index (χ0) is 19.6. The Balaban J connectivity index is 3.82. The highest BCUT2D eigenvalue weighted by Gasteiger charge is 2.26. The average Bonchev–Trinajstić information content (AvgIpc) is 2.59. The van der Waals surface area contributed by atoms with Crippen LogP contribution in [0.15, 0.2) is 0 Å². The Morgan fingerprint density at radius 3 is 1.62 bits per heavy atom. The van der Waals surface area contributed by atoms with Crippen LogP contribution < -0.4 is 0 Å². The number of carbonyl (C=O) groups is 2. The number of rotatable bonds is 19. The monoisotopic (exact) mass is 370 g/mol. The second kappa shape index (κ2) is 17.5. The molecular weight excluding hydrogens is 328 g/mol. The number of carbonyl (C=O) groups excluding carboxylic acids is 1. The van der Waals surface area contributed by atoms with Gasteiger partial charge in [-0.25, -0.2) is 0 Å². The smallest absolute Gasteiger partial charge is 0.314 e. The van der Waals surface area contributed by atoms with Gasteiger partial charge in [-0.05, 0) is 12.8 Å². The van der Waals surface area contributed by atoms with Gasteiger partial charge in [0.25, 0.3) is 0 Å². The number of ketones is 1. The molecule has 0 bridgehead atoms. The number of unbranched alkanes of at least 4 members (excludes halogenated alkanes) is 11. The molecule has 1 unspecified atom stereocenters. The van der Waals surface area contributed by atoms with Crippen molar-refractivity contribution in [2.24, 2.45) is 5.92 Å². The number of carboxylic acids is 1. The number of hydrogen-bond donors (Lipinski definition) is 2. The minimum absolute atomic E-state index is 0.0121. The zero-order valence-corrected chi connectivity index (χ0v) is 17.2. The van der Waals surface area contributed by atoms with Gasteiger partial charge in [-0.1, -0.05) is 97.3 Å². The molecule has 0 heterocycles. The van der Waals surface area contributed by atoms with Crippen molar-refractivity contribution in [3.8, 4) is 0 Å². The molecule has 0 aliphatic carbocycles. The third-order valence-electron chi connectivity index (χ3n) is 5.11. The van der Waals surface area contributed by atoms with Crippen molar-refractivity contribution >= 4 is 11.8 Å². The number of aliphatic hydroxyl groups is 1. The van der Waals surface area contributed by atoms with Gasteiger partial charge in [0.05, 0.1) is 6.10 Å². The molecule has 0 radical (unpaired) electrons. The van der Waals surface area contributed by atoms with E-state index in [-0.39, 0.29) is 12.2 Å². The van der Waals surface area contributed by atoms with Gasteiger partial charge in [-0.2, -0.15) is 0 Å². The van der Waals surface area contributed by atoms with Gasteiger partial charge in [0, 0.05) is 6.42 Å². The zero-order valence-electron chi connectivity index (χ0n) is 17.2. The number of carboxylic acid groups (broad SMARTS) is 1. The molecule has 0 aromatic heterocycles. The molecule has 0 amide bonds. The van der Waals surface area contributed by atoms with Crippen LogP contribution in [0.1, 0.15) is 117 Å². The summed E-state index contributed by atoms with van der Waals surface area (Å²) >= 11 is 0. The van der Waals surface area contributed by atoms with Gasteiger partial charge < -0.3 is 10.2 Å². The molecule has 0 aliphatic heterocycles. The predicted octanol–water partition coefficient (Wildman–Crippen LogP) is 5.90. The fourth-order valence-corrected chi connectivity index (χ4v) is 3.36. The fraction of sp³-hybridized carbons (Fsp3) is 0.909. The fourth-order valence-electron chi connectivity index (χ4n) is 3.36. The van der Waals surface area contributed by atoms with E-state index in [0.717, 1.165) is 38.5 Å². The lowest BCUT2D eigenvalue weighted by molar-refractivity contribution is -0.147. The second-order valence-corrected chi connectivity index (χ2v) is 7.68. The third-order valence-corrected chi connectivity index (χ3v) is 5.11. The number of aliphatic carboxylic acids is 1. The summed E-state index contributed by atoms with van der Waals surface area (Å²) < 4.78 is 0. The summed E-state index contributed by atoms with van der Waals surface area (Å²) in [5, 5.41) is 19.3. The molecule has 0 saturated heterocycles. The quantitative estimate of drug-likeness (QED) is 0.219. The van der Waals surface area contributed by atoms with Crippen molar-refractivity contribution in [1.82, 2.24) is 0 Å². The lowest BCUT2D eigenvalue weighted by Gasteiger charge is -2.14. The van der Waals surface area contributed by atoms with Crippen molar-refractivity contribution in [2.45, 2.75) is 123 Å². The van der Waals surface area contributed by atoms with Gasteiger partial charge >= 0.3 is 5.97 Å². The Morgan fingerprint density at radius 1 is 0.692 bits per heavy atom. The van der Waals surface area contributed by atoms with Crippen molar-refractivity contribution in [3.63, 3.8) is 0 Å². The van der Waals surface area contributed by atoms with E-state index in [9.17, 15) is 19.8 Å². The number of Topliss-reactive ketones (excluding diaryl/α,β-unsaturated/α-hetero) is 1. The maximum atomic E-state index is 12.2. The van der Waals surface area contributed by atoms with Gasteiger partial charge in [-0.3, -0.25) is 9.59 Å². The van der Waals surface area contributed by atoms with E-state index in [4.69, 9.17) is 0 Å². The van der Waals surface area contributed by atoms with E-state index in [1.807, 2.05) is 0 Å². The average molecular weight is 371 g/mol. The maximum Gasteiger partial charge on any atom is 0.314 e. The summed E-state index contributed by atoms with van der Waals surface area (Å²) in [6.45, 7) is 4.32. The molecule has 0 aromatic rings. The Kier molecular flexibility index (Phi) is 16.9. The van der Waals surface area contributed by atoms with Crippen LogP contribution in [0, 0.1) is 5.92 Å². The summed E-state index contributed by atoms with van der Waals surface area (Å²) in [7, 11) is 0. The predicted molar refractivity (Wildman–Crippen MR) is 107 cm³/mol. The van der Waals surface area contributed by atoms with Gasteiger partial charge in [0.2, 0.25) is 0 Å². The van der Waals surface area contributed by atoms with Crippen LogP contribution in [-0.2, 0) is 9.59 Å². The first-order valence-electron chi connectivity index (χ1n) is 11.0. The van der Waals surface area contributed by atoms with Gasteiger partial charge in [-0.15, -0.1) is 0 Å². The lowest BCUT2D eigenvalue weighted by atomic mass is 9.92. The molecule has 0 spiro atoms. The molecule has 4 nitrogen and oxygen atoms in total. The molecule has 0 saturated carbocycles. The molecule has 26 heavy (non-hydrogen) atoms. The van der Waals surface area contributed by atoms with Crippen LogP contribution >= 0.6 is 0 Å². The highest BCUT2D eigenvalue weighted by molar-refractivity contribution is 5.98. The first kappa shape index (κ1) is 25.1. The topological polar surface area (TPSA) is 74.6 Å². The number of aliphatic hydroxyl groups excluding tert-OH is 1.